The van der Waals surface area contributed by atoms with Crippen molar-refractivity contribution in [3.63, 3.8) is 0 Å². The Balaban J connectivity index is 3.56. The second-order valence-corrected chi connectivity index (χ2v) is 6.31. The fourth-order valence-corrected chi connectivity index (χ4v) is 2.61. The third kappa shape index (κ3) is 14.3. The van der Waals surface area contributed by atoms with Crippen LogP contribution in [0.2, 0.25) is 0 Å². The lowest BCUT2D eigenvalue weighted by Gasteiger charge is -2.10. The van der Waals surface area contributed by atoms with Crippen LogP contribution in [-0.4, -0.2) is 25.2 Å². The van der Waals surface area contributed by atoms with Crippen LogP contribution in [0, 0.1) is 0 Å². The molecule has 0 aliphatic carbocycles. The molecular formula is C20H36O4. The molecule has 0 amide bonds. The average molecular weight is 341 g/mol. The maximum absolute atomic E-state index is 11.4. The molecule has 0 aliphatic heterocycles. The minimum absolute atomic E-state index is 0.482. The lowest BCUT2D eigenvalue weighted by molar-refractivity contribution is -0.161. The number of methoxy groups -OCH3 is 1. The highest BCUT2D eigenvalue weighted by atomic mass is 16.6. The number of carbonyl (C=O) groups is 2. The number of rotatable bonds is 15. The number of allylic oxidation sites excluding steroid dienone is 1. The molecule has 0 fully saturated rings. The van der Waals surface area contributed by atoms with Gasteiger partial charge >= 0.3 is 11.9 Å². The molecule has 0 rings (SSSR count). The van der Waals surface area contributed by atoms with E-state index in [0.29, 0.717) is 0 Å². The van der Waals surface area contributed by atoms with Crippen molar-refractivity contribution < 1.29 is 19.1 Å². The van der Waals surface area contributed by atoms with E-state index in [2.05, 4.69) is 11.7 Å². The minimum Gasteiger partial charge on any atom is -0.466 e. The van der Waals surface area contributed by atoms with Gasteiger partial charge < -0.3 is 9.47 Å². The molecule has 4 heteroatoms. The maximum Gasteiger partial charge on any atom is 0.351 e. The molecule has 1 atom stereocenters. The van der Waals surface area contributed by atoms with E-state index in [9.17, 15) is 9.59 Å². The molecule has 24 heavy (non-hydrogen) atoms. The first-order chi connectivity index (χ1) is 11.6. The lowest BCUT2D eigenvalue weighted by Crippen LogP contribution is -2.25. The van der Waals surface area contributed by atoms with E-state index in [4.69, 9.17) is 4.74 Å². The van der Waals surface area contributed by atoms with Crippen molar-refractivity contribution in [2.45, 2.75) is 97.0 Å². The molecule has 0 saturated carbocycles. The minimum atomic E-state index is -0.916. The molecular weight excluding hydrogens is 304 g/mol. The molecule has 0 heterocycles. The van der Waals surface area contributed by atoms with Crippen molar-refractivity contribution in [3.05, 3.63) is 12.2 Å². The Labute approximate surface area is 148 Å². The van der Waals surface area contributed by atoms with Gasteiger partial charge in [0.25, 0.3) is 0 Å². The number of hydrogen-bond acceptors (Lipinski definition) is 4. The van der Waals surface area contributed by atoms with Gasteiger partial charge in [0.2, 0.25) is 6.10 Å². The highest BCUT2D eigenvalue weighted by Crippen LogP contribution is 2.12. The molecule has 0 N–H and O–H groups in total. The second-order valence-electron chi connectivity index (χ2n) is 6.31. The molecule has 0 spiro atoms. The molecule has 0 aromatic heterocycles. The summed E-state index contributed by atoms with van der Waals surface area (Å²) >= 11 is 0. The molecule has 140 valence electrons. The van der Waals surface area contributed by atoms with Gasteiger partial charge in [-0.25, -0.2) is 4.79 Å². The van der Waals surface area contributed by atoms with Crippen molar-refractivity contribution in [2.75, 3.05) is 7.11 Å². The summed E-state index contributed by atoms with van der Waals surface area (Å²) in [6.07, 6.45) is 18.0. The zero-order chi connectivity index (χ0) is 18.0. The van der Waals surface area contributed by atoms with Crippen LogP contribution in [0.3, 0.4) is 0 Å². The molecule has 0 saturated heterocycles. The van der Waals surface area contributed by atoms with E-state index in [-0.39, 0.29) is 0 Å². The zero-order valence-corrected chi connectivity index (χ0v) is 15.9. The van der Waals surface area contributed by atoms with Crippen LogP contribution in [0.25, 0.3) is 0 Å². The summed E-state index contributed by atoms with van der Waals surface area (Å²) in [4.78, 5) is 22.4. The summed E-state index contributed by atoms with van der Waals surface area (Å²) < 4.78 is 9.52. The Morgan fingerprint density at radius 2 is 1.38 bits per heavy atom. The zero-order valence-electron chi connectivity index (χ0n) is 15.9. The van der Waals surface area contributed by atoms with E-state index in [0.717, 1.165) is 12.8 Å². The molecule has 0 bridgehead atoms. The summed E-state index contributed by atoms with van der Waals surface area (Å²) in [6.45, 7) is 3.54. The largest absolute Gasteiger partial charge is 0.466 e. The second kappa shape index (κ2) is 16.5. The third-order valence-electron chi connectivity index (χ3n) is 4.01. The normalized spacial score (nSPS) is 12.3. The fraction of sp³-hybridized carbons (Fsp3) is 0.800. The van der Waals surface area contributed by atoms with Crippen LogP contribution in [0.5, 0.6) is 0 Å². The molecule has 0 aromatic carbocycles. The molecule has 0 unspecified atom stereocenters. The summed E-state index contributed by atoms with van der Waals surface area (Å²) in [5, 5.41) is 0. The van der Waals surface area contributed by atoms with Crippen LogP contribution in [0.15, 0.2) is 12.2 Å². The van der Waals surface area contributed by atoms with Crippen molar-refractivity contribution in [1.29, 1.82) is 0 Å². The quantitative estimate of drug-likeness (QED) is 0.229. The lowest BCUT2D eigenvalue weighted by atomic mass is 10.1. The predicted octanol–water partition coefficient (Wildman–Crippen LogP) is 5.35. The highest BCUT2D eigenvalue weighted by Gasteiger charge is 2.18. The Bertz CT molecular complexity index is 350. The van der Waals surface area contributed by atoms with Gasteiger partial charge in [-0.05, 0) is 18.9 Å². The van der Waals surface area contributed by atoms with Gasteiger partial charge in [0.15, 0.2) is 0 Å². The number of carbonyl (C=O) groups excluding carboxylic acids is 2. The number of hydrogen-bond donors (Lipinski definition) is 0. The first-order valence-corrected chi connectivity index (χ1v) is 9.53. The third-order valence-corrected chi connectivity index (χ3v) is 4.01. The first-order valence-electron chi connectivity index (χ1n) is 9.53. The van der Waals surface area contributed by atoms with Gasteiger partial charge in [-0.15, -0.1) is 0 Å². The average Bonchev–Trinajstić information content (AvgIpc) is 2.56. The predicted molar refractivity (Wildman–Crippen MR) is 97.8 cm³/mol. The topological polar surface area (TPSA) is 52.6 Å². The van der Waals surface area contributed by atoms with Crippen LogP contribution >= 0.6 is 0 Å². The monoisotopic (exact) mass is 340 g/mol. The SMILES string of the molecule is CCCCCCCCCCCCC/C=C/[C@@H](OC(C)=O)C(=O)OC. The Morgan fingerprint density at radius 3 is 1.83 bits per heavy atom. The standard InChI is InChI=1S/C20H36O4/c1-4-5-6-7-8-9-10-11-12-13-14-15-16-17-19(20(22)23-3)24-18(2)21/h16-17,19H,4-15H2,1-3H3/b17-16+/t19-/m1/s1. The van der Waals surface area contributed by atoms with Crippen LogP contribution in [-0.2, 0) is 19.1 Å². The number of unbranched alkanes of at least 4 members (excludes halogenated alkanes) is 11. The van der Waals surface area contributed by atoms with E-state index < -0.39 is 18.0 Å². The van der Waals surface area contributed by atoms with E-state index in [1.54, 1.807) is 6.08 Å². The van der Waals surface area contributed by atoms with Crippen molar-refractivity contribution in [1.82, 2.24) is 0 Å². The summed E-state index contributed by atoms with van der Waals surface area (Å²) in [7, 11) is 1.29. The van der Waals surface area contributed by atoms with Gasteiger partial charge in [0.1, 0.15) is 0 Å². The molecule has 0 radical (unpaired) electrons. The van der Waals surface area contributed by atoms with Gasteiger partial charge in [0, 0.05) is 6.92 Å². The van der Waals surface area contributed by atoms with E-state index in [1.807, 2.05) is 6.08 Å². The Kier molecular flexibility index (Phi) is 15.6. The van der Waals surface area contributed by atoms with Crippen LogP contribution in [0.4, 0.5) is 0 Å². The molecule has 0 aromatic rings. The fourth-order valence-electron chi connectivity index (χ4n) is 2.61. The van der Waals surface area contributed by atoms with Gasteiger partial charge in [-0.3, -0.25) is 4.79 Å². The van der Waals surface area contributed by atoms with Gasteiger partial charge in [-0.1, -0.05) is 77.2 Å². The van der Waals surface area contributed by atoms with Gasteiger partial charge in [0.05, 0.1) is 7.11 Å². The summed E-state index contributed by atoms with van der Waals surface area (Å²) in [6, 6.07) is 0. The van der Waals surface area contributed by atoms with Crippen LogP contribution in [0.1, 0.15) is 90.9 Å². The van der Waals surface area contributed by atoms with Crippen molar-refractivity contribution >= 4 is 11.9 Å². The van der Waals surface area contributed by atoms with E-state index >= 15 is 0 Å². The molecule has 4 nitrogen and oxygen atoms in total. The number of esters is 2. The maximum atomic E-state index is 11.4. The van der Waals surface area contributed by atoms with E-state index in [1.165, 1.54) is 78.2 Å². The summed E-state index contributed by atoms with van der Waals surface area (Å²) in [5.74, 6) is -1.02. The van der Waals surface area contributed by atoms with Crippen molar-refractivity contribution in [2.24, 2.45) is 0 Å². The van der Waals surface area contributed by atoms with Crippen LogP contribution < -0.4 is 0 Å². The smallest absolute Gasteiger partial charge is 0.351 e. The highest BCUT2D eigenvalue weighted by molar-refractivity contribution is 5.80. The van der Waals surface area contributed by atoms with Crippen molar-refractivity contribution in [3.8, 4) is 0 Å². The Hall–Kier alpha value is -1.32. The Morgan fingerprint density at radius 1 is 0.875 bits per heavy atom. The summed E-state index contributed by atoms with van der Waals surface area (Å²) in [5.41, 5.74) is 0. The first kappa shape index (κ1) is 22.7. The van der Waals surface area contributed by atoms with Gasteiger partial charge in [-0.2, -0.15) is 0 Å². The number of ether oxygens (including phenoxy) is 2. The molecule has 0 aliphatic rings.